The molecule has 0 aromatic rings. The minimum atomic E-state index is -0.178. The van der Waals surface area contributed by atoms with Crippen molar-refractivity contribution in [3.63, 3.8) is 0 Å². The van der Waals surface area contributed by atoms with E-state index in [1.54, 1.807) is 4.90 Å². The summed E-state index contributed by atoms with van der Waals surface area (Å²) in [5, 5.41) is 3.59. The number of carbonyl (C=O) groups excluding carboxylic acids is 1. The lowest BCUT2D eigenvalue weighted by atomic mass is 9.95. The van der Waals surface area contributed by atoms with Crippen LogP contribution in [0.3, 0.4) is 0 Å². The van der Waals surface area contributed by atoms with Crippen LogP contribution in [-0.4, -0.2) is 49.8 Å². The van der Waals surface area contributed by atoms with Crippen molar-refractivity contribution in [3.05, 3.63) is 0 Å². The van der Waals surface area contributed by atoms with Crippen molar-refractivity contribution in [1.29, 1.82) is 0 Å². The lowest BCUT2D eigenvalue weighted by Crippen LogP contribution is -2.47. The van der Waals surface area contributed by atoms with Gasteiger partial charge in [-0.25, -0.2) is 4.79 Å². The highest BCUT2D eigenvalue weighted by Crippen LogP contribution is 2.13. The molecule has 0 aromatic heterocycles. The maximum absolute atomic E-state index is 11.6. The molecular formula is C14H29N3O2. The Labute approximate surface area is 116 Å². The maximum Gasteiger partial charge on any atom is 0.409 e. The molecule has 5 heteroatoms. The second-order valence-corrected chi connectivity index (χ2v) is 5.61. The summed E-state index contributed by atoms with van der Waals surface area (Å²) in [6.07, 6.45) is 1.81. The smallest absolute Gasteiger partial charge is 0.409 e. The van der Waals surface area contributed by atoms with E-state index in [0.717, 1.165) is 39.0 Å². The monoisotopic (exact) mass is 271 g/mol. The molecule has 1 amide bonds. The molecular weight excluding hydrogens is 242 g/mol. The summed E-state index contributed by atoms with van der Waals surface area (Å²) in [6, 6.07) is 0.499. The first kappa shape index (κ1) is 16.2. The van der Waals surface area contributed by atoms with Crippen LogP contribution >= 0.6 is 0 Å². The van der Waals surface area contributed by atoms with Gasteiger partial charge in [-0.2, -0.15) is 0 Å². The topological polar surface area (TPSA) is 67.6 Å². The van der Waals surface area contributed by atoms with Crippen molar-refractivity contribution in [3.8, 4) is 0 Å². The van der Waals surface area contributed by atoms with E-state index in [2.05, 4.69) is 19.2 Å². The molecule has 1 atom stereocenters. The van der Waals surface area contributed by atoms with Gasteiger partial charge in [0.2, 0.25) is 0 Å². The van der Waals surface area contributed by atoms with Crippen LogP contribution in [0.25, 0.3) is 0 Å². The molecule has 1 unspecified atom stereocenters. The SMILES string of the molecule is CCOC(=O)N1CCC(NCC(CN)C(C)C)CC1. The Morgan fingerprint density at radius 1 is 1.42 bits per heavy atom. The van der Waals surface area contributed by atoms with Crippen molar-refractivity contribution in [2.45, 2.75) is 39.7 Å². The van der Waals surface area contributed by atoms with Crippen molar-refractivity contribution in [2.75, 3.05) is 32.8 Å². The average Bonchev–Trinajstić information content (AvgIpc) is 2.40. The lowest BCUT2D eigenvalue weighted by molar-refractivity contribution is 0.0946. The molecule has 1 fully saturated rings. The molecule has 1 rings (SSSR count). The Balaban J connectivity index is 2.25. The Bertz CT molecular complexity index is 263. The summed E-state index contributed by atoms with van der Waals surface area (Å²) >= 11 is 0. The number of nitrogens with two attached hydrogens (primary N) is 1. The van der Waals surface area contributed by atoms with Gasteiger partial charge >= 0.3 is 6.09 Å². The van der Waals surface area contributed by atoms with E-state index in [1.165, 1.54) is 0 Å². The minimum Gasteiger partial charge on any atom is -0.450 e. The van der Waals surface area contributed by atoms with E-state index in [1.807, 2.05) is 6.92 Å². The minimum absolute atomic E-state index is 0.178. The fourth-order valence-corrected chi connectivity index (χ4v) is 2.39. The molecule has 0 aliphatic carbocycles. The number of nitrogens with zero attached hydrogens (tertiary/aromatic N) is 1. The van der Waals surface area contributed by atoms with Gasteiger partial charge in [0, 0.05) is 19.1 Å². The normalized spacial score (nSPS) is 18.7. The Kier molecular flexibility index (Phi) is 7.16. The van der Waals surface area contributed by atoms with Crippen LogP contribution in [0.2, 0.25) is 0 Å². The van der Waals surface area contributed by atoms with Crippen LogP contribution in [0, 0.1) is 11.8 Å². The van der Waals surface area contributed by atoms with Gasteiger partial charge in [-0.15, -0.1) is 0 Å². The second kappa shape index (κ2) is 8.38. The number of carbonyl (C=O) groups is 1. The largest absolute Gasteiger partial charge is 0.450 e. The summed E-state index contributed by atoms with van der Waals surface area (Å²) in [6.45, 7) is 9.97. The Morgan fingerprint density at radius 3 is 2.53 bits per heavy atom. The van der Waals surface area contributed by atoms with Gasteiger partial charge in [0.1, 0.15) is 0 Å². The zero-order valence-electron chi connectivity index (χ0n) is 12.5. The van der Waals surface area contributed by atoms with E-state index >= 15 is 0 Å². The van der Waals surface area contributed by atoms with Crippen LogP contribution < -0.4 is 11.1 Å². The molecule has 0 saturated carbocycles. The number of piperidine rings is 1. The molecule has 5 nitrogen and oxygen atoms in total. The van der Waals surface area contributed by atoms with Gasteiger partial charge in [0.05, 0.1) is 6.61 Å². The zero-order valence-corrected chi connectivity index (χ0v) is 12.5. The molecule has 19 heavy (non-hydrogen) atoms. The number of likely N-dealkylation sites (tertiary alicyclic amines) is 1. The number of ether oxygens (including phenoxy) is 1. The second-order valence-electron chi connectivity index (χ2n) is 5.61. The molecule has 1 heterocycles. The molecule has 0 spiro atoms. The average molecular weight is 271 g/mol. The fourth-order valence-electron chi connectivity index (χ4n) is 2.39. The molecule has 112 valence electrons. The molecule has 0 radical (unpaired) electrons. The third kappa shape index (κ3) is 5.37. The van der Waals surface area contributed by atoms with Crippen LogP contribution in [0.5, 0.6) is 0 Å². The number of rotatable bonds is 6. The van der Waals surface area contributed by atoms with Gasteiger partial charge in [-0.05, 0) is 44.7 Å². The molecule has 1 aliphatic rings. The summed E-state index contributed by atoms with van der Waals surface area (Å²) < 4.78 is 5.01. The van der Waals surface area contributed by atoms with Crippen molar-refractivity contribution >= 4 is 6.09 Å². The first-order valence-electron chi connectivity index (χ1n) is 7.43. The van der Waals surface area contributed by atoms with Gasteiger partial charge in [0.15, 0.2) is 0 Å². The van der Waals surface area contributed by atoms with E-state index in [9.17, 15) is 4.79 Å². The summed E-state index contributed by atoms with van der Waals surface area (Å²) in [4.78, 5) is 13.4. The Morgan fingerprint density at radius 2 is 2.05 bits per heavy atom. The fraction of sp³-hybridized carbons (Fsp3) is 0.929. The third-order valence-electron chi connectivity index (χ3n) is 3.94. The first-order valence-corrected chi connectivity index (χ1v) is 7.43. The zero-order chi connectivity index (χ0) is 14.3. The standard InChI is InChI=1S/C14H29N3O2/c1-4-19-14(18)17-7-5-13(6-8-17)16-10-12(9-15)11(2)3/h11-13,16H,4-10,15H2,1-3H3. The number of hydrogen-bond donors (Lipinski definition) is 2. The van der Waals surface area contributed by atoms with Crippen LogP contribution in [0.4, 0.5) is 4.79 Å². The van der Waals surface area contributed by atoms with Crippen LogP contribution in [0.1, 0.15) is 33.6 Å². The molecule has 0 bridgehead atoms. The predicted octanol–water partition coefficient (Wildman–Crippen LogP) is 1.43. The van der Waals surface area contributed by atoms with Crippen molar-refractivity contribution in [2.24, 2.45) is 17.6 Å². The molecule has 0 aromatic carbocycles. The predicted molar refractivity (Wildman–Crippen MR) is 77.0 cm³/mol. The number of hydrogen-bond acceptors (Lipinski definition) is 4. The molecule has 1 saturated heterocycles. The highest BCUT2D eigenvalue weighted by molar-refractivity contribution is 5.67. The summed E-state index contributed by atoms with van der Waals surface area (Å²) in [7, 11) is 0. The first-order chi connectivity index (χ1) is 9.08. The summed E-state index contributed by atoms with van der Waals surface area (Å²) in [5.41, 5.74) is 5.78. The van der Waals surface area contributed by atoms with Crippen molar-refractivity contribution in [1.82, 2.24) is 10.2 Å². The van der Waals surface area contributed by atoms with E-state index in [-0.39, 0.29) is 6.09 Å². The van der Waals surface area contributed by atoms with Crippen LogP contribution in [0.15, 0.2) is 0 Å². The number of nitrogens with one attached hydrogen (secondary N) is 1. The molecule has 3 N–H and O–H groups in total. The van der Waals surface area contributed by atoms with E-state index in [4.69, 9.17) is 10.5 Å². The quantitative estimate of drug-likeness (QED) is 0.767. The summed E-state index contributed by atoms with van der Waals surface area (Å²) in [5.74, 6) is 1.14. The highest BCUT2D eigenvalue weighted by atomic mass is 16.6. The Hall–Kier alpha value is -0.810. The van der Waals surface area contributed by atoms with E-state index < -0.39 is 0 Å². The highest BCUT2D eigenvalue weighted by Gasteiger charge is 2.24. The van der Waals surface area contributed by atoms with E-state index in [0.29, 0.717) is 24.5 Å². The number of amides is 1. The maximum atomic E-state index is 11.6. The van der Waals surface area contributed by atoms with Crippen LogP contribution in [-0.2, 0) is 4.74 Å². The van der Waals surface area contributed by atoms with Gasteiger partial charge in [-0.3, -0.25) is 0 Å². The van der Waals surface area contributed by atoms with Gasteiger partial charge in [-0.1, -0.05) is 13.8 Å². The van der Waals surface area contributed by atoms with Gasteiger partial charge in [0.25, 0.3) is 0 Å². The van der Waals surface area contributed by atoms with Gasteiger partial charge < -0.3 is 20.7 Å². The lowest BCUT2D eigenvalue weighted by Gasteiger charge is -2.33. The third-order valence-corrected chi connectivity index (χ3v) is 3.94. The molecule has 1 aliphatic heterocycles. The van der Waals surface area contributed by atoms with Crippen molar-refractivity contribution < 1.29 is 9.53 Å².